The Morgan fingerprint density at radius 1 is 1.28 bits per heavy atom. The third-order valence-corrected chi connectivity index (χ3v) is 2.43. The molecule has 2 N–H and O–H groups in total. The maximum absolute atomic E-state index is 11.5. The number of carbonyl (C=O) groups is 3. The van der Waals surface area contributed by atoms with Gasteiger partial charge in [0.15, 0.2) is 5.78 Å². The van der Waals surface area contributed by atoms with Gasteiger partial charge in [-0.1, -0.05) is 6.92 Å². The van der Waals surface area contributed by atoms with Gasteiger partial charge in [0.05, 0.1) is 0 Å². The summed E-state index contributed by atoms with van der Waals surface area (Å²) in [5, 5.41) is 12.7. The average Bonchev–Trinajstić information content (AvgIpc) is 2.24. The molecule has 0 aromatic heterocycles. The third kappa shape index (κ3) is 2.58. The van der Waals surface area contributed by atoms with E-state index in [2.05, 4.69) is 10.1 Å². The summed E-state index contributed by atoms with van der Waals surface area (Å²) in [6.07, 6.45) is 0.822. The Hall–Kier alpha value is -2.11. The van der Waals surface area contributed by atoms with Crippen LogP contribution in [0.2, 0.25) is 0 Å². The second-order valence-electron chi connectivity index (χ2n) is 3.88. The number of aliphatic hydroxyl groups is 1. The zero-order valence-corrected chi connectivity index (χ0v) is 10.5. The molecule has 6 nitrogen and oxygen atoms in total. The summed E-state index contributed by atoms with van der Waals surface area (Å²) in [6, 6.07) is 0. The van der Waals surface area contributed by atoms with Gasteiger partial charge in [-0.25, -0.2) is 9.59 Å². The van der Waals surface area contributed by atoms with Gasteiger partial charge in [-0.15, -0.1) is 0 Å². The Balaban J connectivity index is 3.29. The third-order valence-electron chi connectivity index (χ3n) is 2.43. The maximum atomic E-state index is 11.5. The Morgan fingerprint density at radius 2 is 1.89 bits per heavy atom. The van der Waals surface area contributed by atoms with Crippen molar-refractivity contribution in [2.75, 3.05) is 6.54 Å². The average molecular weight is 253 g/mol. The molecule has 0 unspecified atom stereocenters. The van der Waals surface area contributed by atoms with Crippen molar-refractivity contribution in [3.05, 3.63) is 22.6 Å². The first-order chi connectivity index (χ1) is 8.40. The molecule has 0 aromatic rings. The molecule has 0 atom stereocenters. The van der Waals surface area contributed by atoms with Crippen LogP contribution in [0.15, 0.2) is 22.6 Å². The number of ether oxygens (including phenoxy) is 1. The van der Waals surface area contributed by atoms with E-state index in [9.17, 15) is 19.5 Å². The van der Waals surface area contributed by atoms with E-state index in [-0.39, 0.29) is 5.57 Å². The van der Waals surface area contributed by atoms with E-state index in [0.29, 0.717) is 12.2 Å². The predicted molar refractivity (Wildman–Crippen MR) is 62.4 cm³/mol. The summed E-state index contributed by atoms with van der Waals surface area (Å²) in [4.78, 5) is 34.1. The first-order valence-electron chi connectivity index (χ1n) is 5.55. The molecule has 0 aromatic carbocycles. The fourth-order valence-corrected chi connectivity index (χ4v) is 1.55. The number of esters is 2. The Labute approximate surface area is 104 Å². The van der Waals surface area contributed by atoms with Crippen molar-refractivity contribution in [1.82, 2.24) is 5.32 Å². The monoisotopic (exact) mass is 253 g/mol. The van der Waals surface area contributed by atoms with Gasteiger partial charge in [-0.2, -0.15) is 0 Å². The molecule has 1 aliphatic rings. The lowest BCUT2D eigenvalue weighted by Gasteiger charge is -2.18. The van der Waals surface area contributed by atoms with E-state index >= 15 is 0 Å². The molecule has 6 heteroatoms. The van der Waals surface area contributed by atoms with Crippen molar-refractivity contribution in [2.45, 2.75) is 27.2 Å². The van der Waals surface area contributed by atoms with Crippen molar-refractivity contribution in [2.24, 2.45) is 0 Å². The minimum absolute atomic E-state index is 0.173. The highest BCUT2D eigenvalue weighted by atomic mass is 16.6. The number of Topliss-reactive ketones (excluding diaryl/α,β-unsaturated/α-hetero) is 1. The summed E-state index contributed by atoms with van der Waals surface area (Å²) in [5.74, 6) is -3.34. The van der Waals surface area contributed by atoms with Crippen molar-refractivity contribution < 1.29 is 24.2 Å². The van der Waals surface area contributed by atoms with Crippen molar-refractivity contribution in [3.8, 4) is 0 Å². The predicted octanol–water partition coefficient (Wildman–Crippen LogP) is 0.745. The number of rotatable bonds is 4. The number of carbonyl (C=O) groups excluding carboxylic acids is 3. The van der Waals surface area contributed by atoms with Crippen molar-refractivity contribution in [1.29, 1.82) is 0 Å². The minimum atomic E-state index is -1.11. The molecule has 0 spiro atoms. The topological polar surface area (TPSA) is 92.7 Å². The lowest BCUT2D eigenvalue weighted by Crippen LogP contribution is -2.30. The molecular formula is C12H15NO5. The Kier molecular flexibility index (Phi) is 4.25. The standard InChI is InChI=1S/C12H15NO5/c1-4-5-13-6(2)8-10(15)9(7(3)14)12(17)18-11(8)16/h13,15H,4-5H2,1-3H3/b8-6-. The molecule has 0 amide bonds. The fraction of sp³-hybridized carbons (Fsp3) is 0.417. The molecule has 18 heavy (non-hydrogen) atoms. The van der Waals surface area contributed by atoms with Gasteiger partial charge in [0, 0.05) is 12.2 Å². The van der Waals surface area contributed by atoms with E-state index in [0.717, 1.165) is 13.3 Å². The van der Waals surface area contributed by atoms with Crippen LogP contribution in [0, 0.1) is 0 Å². The number of hydrogen-bond donors (Lipinski definition) is 2. The van der Waals surface area contributed by atoms with Crippen LogP contribution in [-0.2, 0) is 19.1 Å². The summed E-state index contributed by atoms with van der Waals surface area (Å²) in [5.41, 5.74) is -0.305. The van der Waals surface area contributed by atoms with Gasteiger partial charge in [0.1, 0.15) is 16.9 Å². The van der Waals surface area contributed by atoms with Crippen LogP contribution in [0.5, 0.6) is 0 Å². The van der Waals surface area contributed by atoms with E-state index in [1.807, 2.05) is 6.92 Å². The molecule has 0 fully saturated rings. The summed E-state index contributed by atoms with van der Waals surface area (Å²) in [7, 11) is 0. The van der Waals surface area contributed by atoms with Gasteiger partial charge in [-0.3, -0.25) is 4.79 Å². The van der Waals surface area contributed by atoms with Gasteiger partial charge >= 0.3 is 11.9 Å². The minimum Gasteiger partial charge on any atom is -0.506 e. The van der Waals surface area contributed by atoms with Crippen LogP contribution in [0.25, 0.3) is 0 Å². The van der Waals surface area contributed by atoms with Crippen molar-refractivity contribution >= 4 is 17.7 Å². The SMILES string of the molecule is CCCN/C(C)=C1\C(=O)OC(=O)C(C(C)=O)=C1O. The van der Waals surface area contributed by atoms with Gasteiger partial charge in [0.25, 0.3) is 0 Å². The van der Waals surface area contributed by atoms with Crippen LogP contribution < -0.4 is 5.32 Å². The molecule has 1 aliphatic heterocycles. The second kappa shape index (κ2) is 5.48. The number of ketones is 1. The molecular weight excluding hydrogens is 238 g/mol. The smallest absolute Gasteiger partial charge is 0.353 e. The highest BCUT2D eigenvalue weighted by molar-refractivity contribution is 6.23. The highest BCUT2D eigenvalue weighted by Crippen LogP contribution is 2.23. The summed E-state index contributed by atoms with van der Waals surface area (Å²) in [6.45, 7) is 5.22. The van der Waals surface area contributed by atoms with Crippen LogP contribution >= 0.6 is 0 Å². The van der Waals surface area contributed by atoms with Crippen LogP contribution in [0.4, 0.5) is 0 Å². The molecule has 0 radical (unpaired) electrons. The lowest BCUT2D eigenvalue weighted by molar-refractivity contribution is -0.155. The number of aliphatic hydroxyl groups excluding tert-OH is 1. The van der Waals surface area contributed by atoms with E-state index in [1.54, 1.807) is 6.92 Å². The van der Waals surface area contributed by atoms with E-state index in [4.69, 9.17) is 0 Å². The first-order valence-corrected chi connectivity index (χ1v) is 5.55. The molecule has 98 valence electrons. The zero-order valence-electron chi connectivity index (χ0n) is 10.5. The number of hydrogen-bond acceptors (Lipinski definition) is 6. The second-order valence-corrected chi connectivity index (χ2v) is 3.88. The summed E-state index contributed by atoms with van der Waals surface area (Å²) < 4.78 is 4.43. The zero-order chi connectivity index (χ0) is 13.9. The van der Waals surface area contributed by atoms with Gasteiger partial charge < -0.3 is 15.2 Å². The number of nitrogens with one attached hydrogen (secondary N) is 1. The lowest BCUT2D eigenvalue weighted by atomic mass is 10.0. The Morgan fingerprint density at radius 3 is 2.39 bits per heavy atom. The summed E-state index contributed by atoms with van der Waals surface area (Å²) >= 11 is 0. The largest absolute Gasteiger partial charge is 0.506 e. The quantitative estimate of drug-likeness (QED) is 0.332. The number of cyclic esters (lactones) is 2. The number of allylic oxidation sites excluding steroid dienone is 1. The van der Waals surface area contributed by atoms with Gasteiger partial charge in [0.2, 0.25) is 0 Å². The van der Waals surface area contributed by atoms with Crippen molar-refractivity contribution in [3.63, 3.8) is 0 Å². The van der Waals surface area contributed by atoms with E-state index < -0.39 is 29.1 Å². The molecule has 1 heterocycles. The molecule has 0 bridgehead atoms. The molecule has 0 saturated heterocycles. The Bertz CT molecular complexity index is 473. The molecule has 0 saturated carbocycles. The fourth-order valence-electron chi connectivity index (χ4n) is 1.55. The first kappa shape index (κ1) is 14.0. The molecule has 0 aliphatic carbocycles. The van der Waals surface area contributed by atoms with Gasteiger partial charge in [-0.05, 0) is 20.3 Å². The maximum Gasteiger partial charge on any atom is 0.353 e. The van der Waals surface area contributed by atoms with E-state index in [1.165, 1.54) is 0 Å². The van der Waals surface area contributed by atoms with Crippen LogP contribution in [0.1, 0.15) is 27.2 Å². The van der Waals surface area contributed by atoms with Crippen LogP contribution in [-0.4, -0.2) is 29.4 Å². The highest BCUT2D eigenvalue weighted by Gasteiger charge is 2.36. The molecule has 1 rings (SSSR count). The normalized spacial score (nSPS) is 18.6. The van der Waals surface area contributed by atoms with Crippen LogP contribution in [0.3, 0.4) is 0 Å².